The lowest BCUT2D eigenvalue weighted by atomic mass is 10.1. The molecule has 0 heterocycles. The number of hydrogen-bond acceptors (Lipinski definition) is 5. The predicted octanol–water partition coefficient (Wildman–Crippen LogP) is 2.66. The first-order valence-electron chi connectivity index (χ1n) is 6.47. The summed E-state index contributed by atoms with van der Waals surface area (Å²) in [6.45, 7) is 6.57. The number of nitrogens with zero attached hydrogens (tertiary/aromatic N) is 2. The zero-order valence-corrected chi connectivity index (χ0v) is 12.3. The highest BCUT2D eigenvalue weighted by molar-refractivity contribution is 6.00. The maximum atomic E-state index is 11.8. The summed E-state index contributed by atoms with van der Waals surface area (Å²) in [4.78, 5) is 24.1. The van der Waals surface area contributed by atoms with Crippen molar-refractivity contribution in [3.63, 3.8) is 0 Å². The maximum absolute atomic E-state index is 11.8. The monoisotopic (exact) mass is 280 g/mol. The van der Waals surface area contributed by atoms with Gasteiger partial charge in [0.25, 0.3) is 5.69 Å². The molecule has 1 rings (SSSR count). The van der Waals surface area contributed by atoms with Crippen LogP contribution in [0, 0.1) is 10.1 Å². The number of anilines is 1. The molecule has 110 valence electrons. The number of ether oxygens (including phenoxy) is 1. The number of carbonyl (C=O) groups excluding carboxylic acids is 1. The van der Waals surface area contributed by atoms with E-state index in [0.29, 0.717) is 24.4 Å². The Morgan fingerprint density at radius 1 is 1.50 bits per heavy atom. The number of nitro benzene ring substituents is 1. The number of nitro groups is 1. The number of benzene rings is 1. The van der Waals surface area contributed by atoms with E-state index in [0.717, 1.165) is 0 Å². The molecule has 1 aromatic carbocycles. The van der Waals surface area contributed by atoms with E-state index in [1.807, 2.05) is 18.7 Å². The van der Waals surface area contributed by atoms with Crippen LogP contribution in [0.4, 0.5) is 11.4 Å². The lowest BCUT2D eigenvalue weighted by Gasteiger charge is -2.31. The Morgan fingerprint density at radius 3 is 2.60 bits per heavy atom. The molecule has 0 radical (unpaired) electrons. The highest BCUT2D eigenvalue weighted by Crippen LogP contribution is 2.27. The van der Waals surface area contributed by atoms with Gasteiger partial charge in [-0.15, -0.1) is 0 Å². The molecule has 1 unspecified atom stereocenters. The van der Waals surface area contributed by atoms with Crippen molar-refractivity contribution >= 4 is 17.2 Å². The summed E-state index contributed by atoms with van der Waals surface area (Å²) in [7, 11) is 1.62. The molecule has 0 aliphatic heterocycles. The average Bonchev–Trinajstić information content (AvgIpc) is 2.39. The molecular weight excluding hydrogens is 260 g/mol. The molecule has 0 saturated carbocycles. The minimum atomic E-state index is -0.495. The van der Waals surface area contributed by atoms with Gasteiger partial charge in [0.1, 0.15) is 0 Å². The summed E-state index contributed by atoms with van der Waals surface area (Å²) in [5.41, 5.74) is 0.994. The topological polar surface area (TPSA) is 72.7 Å². The number of carbonyl (C=O) groups is 1. The predicted molar refractivity (Wildman–Crippen MR) is 77.5 cm³/mol. The van der Waals surface area contributed by atoms with Crippen LogP contribution in [0.2, 0.25) is 0 Å². The second kappa shape index (κ2) is 7.00. The first kappa shape index (κ1) is 16.1. The van der Waals surface area contributed by atoms with E-state index in [9.17, 15) is 14.9 Å². The molecule has 1 aromatic rings. The summed E-state index contributed by atoms with van der Waals surface area (Å²) < 4.78 is 5.14. The number of non-ortho nitro benzene ring substituents is 1. The molecule has 6 nitrogen and oxygen atoms in total. The van der Waals surface area contributed by atoms with Gasteiger partial charge in [-0.3, -0.25) is 14.9 Å². The molecule has 0 bridgehead atoms. The third-order valence-corrected chi connectivity index (χ3v) is 3.16. The van der Waals surface area contributed by atoms with Crippen LogP contribution in [-0.4, -0.2) is 37.0 Å². The zero-order chi connectivity index (χ0) is 15.3. The fraction of sp³-hybridized carbons (Fsp3) is 0.500. The van der Waals surface area contributed by atoms with Crippen molar-refractivity contribution < 1.29 is 14.5 Å². The van der Waals surface area contributed by atoms with Crippen molar-refractivity contribution in [2.75, 3.05) is 25.2 Å². The van der Waals surface area contributed by atoms with Gasteiger partial charge in [-0.25, -0.2) is 0 Å². The Morgan fingerprint density at radius 2 is 2.15 bits per heavy atom. The van der Waals surface area contributed by atoms with E-state index in [2.05, 4.69) is 0 Å². The van der Waals surface area contributed by atoms with Crippen LogP contribution in [0.15, 0.2) is 18.2 Å². The van der Waals surface area contributed by atoms with Crippen LogP contribution in [0.25, 0.3) is 0 Å². The van der Waals surface area contributed by atoms with Crippen molar-refractivity contribution in [2.45, 2.75) is 26.8 Å². The summed E-state index contributed by atoms with van der Waals surface area (Å²) in [5.74, 6) is -0.188. The van der Waals surface area contributed by atoms with Gasteiger partial charge in [0, 0.05) is 43.1 Å². The Balaban J connectivity index is 3.27. The van der Waals surface area contributed by atoms with Gasteiger partial charge in [0.05, 0.1) is 11.5 Å². The van der Waals surface area contributed by atoms with Crippen molar-refractivity contribution in [3.05, 3.63) is 33.9 Å². The third kappa shape index (κ3) is 3.54. The van der Waals surface area contributed by atoms with Gasteiger partial charge in [0.2, 0.25) is 0 Å². The zero-order valence-electron chi connectivity index (χ0n) is 12.3. The SMILES string of the molecule is CCN(c1ccc([N+](=O)[O-])cc1C(C)=O)C(C)COC. The van der Waals surface area contributed by atoms with Crippen LogP contribution >= 0.6 is 0 Å². The number of rotatable bonds is 7. The first-order chi connectivity index (χ1) is 9.42. The molecule has 0 spiro atoms. The van der Waals surface area contributed by atoms with Gasteiger partial charge in [0.15, 0.2) is 5.78 Å². The number of likely N-dealkylation sites (N-methyl/N-ethyl adjacent to an activating group) is 1. The molecule has 0 fully saturated rings. The number of methoxy groups -OCH3 is 1. The smallest absolute Gasteiger partial charge is 0.270 e. The van der Waals surface area contributed by atoms with Crippen LogP contribution in [0.1, 0.15) is 31.1 Å². The lowest BCUT2D eigenvalue weighted by molar-refractivity contribution is -0.384. The largest absolute Gasteiger partial charge is 0.383 e. The van der Waals surface area contributed by atoms with Crippen molar-refractivity contribution in [3.8, 4) is 0 Å². The van der Waals surface area contributed by atoms with Crippen molar-refractivity contribution in [2.24, 2.45) is 0 Å². The Bertz CT molecular complexity index is 502. The molecular formula is C14H20N2O4. The number of ketones is 1. The van der Waals surface area contributed by atoms with E-state index >= 15 is 0 Å². The minimum Gasteiger partial charge on any atom is -0.383 e. The number of hydrogen-bond donors (Lipinski definition) is 0. The quantitative estimate of drug-likeness (QED) is 0.436. The summed E-state index contributed by atoms with van der Waals surface area (Å²) in [6.07, 6.45) is 0. The van der Waals surface area contributed by atoms with E-state index in [1.165, 1.54) is 19.1 Å². The van der Waals surface area contributed by atoms with Crippen LogP contribution in [0.3, 0.4) is 0 Å². The summed E-state index contributed by atoms with van der Waals surface area (Å²) in [6, 6.07) is 4.46. The van der Waals surface area contributed by atoms with Crippen LogP contribution < -0.4 is 4.90 Å². The Labute approximate surface area is 118 Å². The summed E-state index contributed by atoms with van der Waals surface area (Å²) >= 11 is 0. The van der Waals surface area contributed by atoms with Crippen molar-refractivity contribution in [1.82, 2.24) is 0 Å². The van der Waals surface area contributed by atoms with Crippen LogP contribution in [0.5, 0.6) is 0 Å². The van der Waals surface area contributed by atoms with E-state index < -0.39 is 4.92 Å². The van der Waals surface area contributed by atoms with E-state index in [1.54, 1.807) is 13.2 Å². The second-order valence-electron chi connectivity index (χ2n) is 4.61. The molecule has 1 atom stereocenters. The molecule has 0 aliphatic carbocycles. The average molecular weight is 280 g/mol. The molecule has 0 aromatic heterocycles. The van der Waals surface area contributed by atoms with E-state index in [4.69, 9.17) is 4.74 Å². The highest BCUT2D eigenvalue weighted by Gasteiger charge is 2.20. The van der Waals surface area contributed by atoms with E-state index in [-0.39, 0.29) is 17.5 Å². The molecule has 0 saturated heterocycles. The molecule has 6 heteroatoms. The third-order valence-electron chi connectivity index (χ3n) is 3.16. The van der Waals surface area contributed by atoms with Crippen LogP contribution in [-0.2, 0) is 4.74 Å². The Kier molecular flexibility index (Phi) is 5.64. The van der Waals surface area contributed by atoms with Gasteiger partial charge in [-0.1, -0.05) is 0 Å². The lowest BCUT2D eigenvalue weighted by Crippen LogP contribution is -2.37. The minimum absolute atomic E-state index is 0.0737. The van der Waals surface area contributed by atoms with Crippen molar-refractivity contribution in [1.29, 1.82) is 0 Å². The highest BCUT2D eigenvalue weighted by atomic mass is 16.6. The van der Waals surface area contributed by atoms with Gasteiger partial charge >= 0.3 is 0 Å². The fourth-order valence-corrected chi connectivity index (χ4v) is 2.22. The molecule has 0 amide bonds. The van der Waals surface area contributed by atoms with Gasteiger partial charge in [-0.05, 0) is 26.8 Å². The summed E-state index contributed by atoms with van der Waals surface area (Å²) in [5, 5.41) is 10.8. The molecule has 20 heavy (non-hydrogen) atoms. The maximum Gasteiger partial charge on any atom is 0.270 e. The fourth-order valence-electron chi connectivity index (χ4n) is 2.22. The number of Topliss-reactive ketones (excluding diaryl/α,β-unsaturated/α-hetero) is 1. The normalized spacial score (nSPS) is 12.0. The molecule has 0 aliphatic rings. The standard InChI is InChI=1S/C14H20N2O4/c1-5-15(10(2)9-20-4)14-7-6-12(16(18)19)8-13(14)11(3)17/h6-8,10H,5,9H2,1-4H3. The van der Waals surface area contributed by atoms with Gasteiger partial charge < -0.3 is 9.64 Å². The van der Waals surface area contributed by atoms with Gasteiger partial charge in [-0.2, -0.15) is 0 Å². The molecule has 0 N–H and O–H groups in total. The Hall–Kier alpha value is -1.95. The second-order valence-corrected chi connectivity index (χ2v) is 4.61. The first-order valence-corrected chi connectivity index (χ1v) is 6.47.